The molecule has 3 N–H and O–H groups in total. The maximum atomic E-state index is 9.44. The Kier molecular flexibility index (Phi) is 1.98. The smallest absolute Gasteiger partial charge is 0.240 e. The highest BCUT2D eigenvalue weighted by Gasteiger charge is 2.03. The number of nitrogens with zero attached hydrogens (tertiary/aromatic N) is 3. The fourth-order valence-corrected chi connectivity index (χ4v) is 1.76. The Labute approximate surface area is 97.1 Å². The first-order valence-electron chi connectivity index (χ1n) is 5.14. The lowest BCUT2D eigenvalue weighted by Crippen LogP contribution is -1.89. The number of hydrogen-bond acceptors (Lipinski definition) is 4. The number of aromatic nitrogens is 3. The maximum absolute atomic E-state index is 9.44. The second-order valence-corrected chi connectivity index (χ2v) is 3.74. The normalized spacial score (nSPS) is 10.8. The van der Waals surface area contributed by atoms with Gasteiger partial charge in [0.05, 0.1) is 0 Å². The van der Waals surface area contributed by atoms with Gasteiger partial charge in [-0.25, -0.2) is 4.52 Å². The summed E-state index contributed by atoms with van der Waals surface area (Å²) in [6.45, 7) is 0. The first kappa shape index (κ1) is 9.65. The van der Waals surface area contributed by atoms with E-state index in [1.807, 2.05) is 18.2 Å². The molecule has 1 aromatic carbocycles. The molecule has 0 unspecified atom stereocenters. The number of aromatic hydroxyl groups is 1. The van der Waals surface area contributed by atoms with E-state index in [0.29, 0.717) is 5.65 Å². The molecule has 0 saturated carbocycles. The third kappa shape index (κ3) is 1.67. The molecule has 3 rings (SSSR count). The third-order valence-corrected chi connectivity index (χ3v) is 2.53. The Bertz CT molecular complexity index is 690. The van der Waals surface area contributed by atoms with E-state index in [1.165, 1.54) is 0 Å². The van der Waals surface area contributed by atoms with E-state index in [4.69, 9.17) is 5.73 Å². The average molecular weight is 226 g/mol. The van der Waals surface area contributed by atoms with Crippen LogP contribution in [0.4, 0.5) is 5.95 Å². The van der Waals surface area contributed by atoms with Gasteiger partial charge in [0.25, 0.3) is 0 Å². The van der Waals surface area contributed by atoms with Crippen LogP contribution in [0.25, 0.3) is 16.8 Å². The summed E-state index contributed by atoms with van der Waals surface area (Å²) in [6, 6.07) is 10.8. The van der Waals surface area contributed by atoms with Gasteiger partial charge in [-0.1, -0.05) is 12.1 Å². The van der Waals surface area contributed by atoms with Gasteiger partial charge in [0.1, 0.15) is 5.75 Å². The number of rotatable bonds is 1. The van der Waals surface area contributed by atoms with Crippen molar-refractivity contribution in [3.63, 3.8) is 0 Å². The largest absolute Gasteiger partial charge is 0.508 e. The predicted molar refractivity (Wildman–Crippen MR) is 64.5 cm³/mol. The van der Waals surface area contributed by atoms with Crippen LogP contribution in [-0.2, 0) is 0 Å². The molecule has 0 radical (unpaired) electrons. The van der Waals surface area contributed by atoms with Crippen molar-refractivity contribution in [2.45, 2.75) is 0 Å². The zero-order valence-corrected chi connectivity index (χ0v) is 8.91. The van der Waals surface area contributed by atoms with Crippen LogP contribution in [0.1, 0.15) is 0 Å². The number of anilines is 1. The fraction of sp³-hybridized carbons (Fsp3) is 0. The van der Waals surface area contributed by atoms with Gasteiger partial charge in [-0.15, -0.1) is 5.10 Å². The van der Waals surface area contributed by atoms with Crippen molar-refractivity contribution in [3.8, 4) is 16.9 Å². The molecule has 0 atom stereocenters. The lowest BCUT2D eigenvalue weighted by molar-refractivity contribution is 0.475. The minimum absolute atomic E-state index is 0.239. The monoisotopic (exact) mass is 226 g/mol. The number of nitrogens with two attached hydrogens (primary N) is 1. The lowest BCUT2D eigenvalue weighted by atomic mass is 10.1. The average Bonchev–Trinajstić information content (AvgIpc) is 2.68. The second kappa shape index (κ2) is 3.48. The van der Waals surface area contributed by atoms with E-state index in [-0.39, 0.29) is 11.7 Å². The first-order chi connectivity index (χ1) is 8.22. The number of benzene rings is 1. The van der Waals surface area contributed by atoms with Crippen molar-refractivity contribution in [1.82, 2.24) is 14.6 Å². The molecular weight excluding hydrogens is 216 g/mol. The Morgan fingerprint density at radius 1 is 1.12 bits per heavy atom. The molecule has 0 aliphatic rings. The summed E-state index contributed by atoms with van der Waals surface area (Å²) in [7, 11) is 0. The van der Waals surface area contributed by atoms with Crippen LogP contribution in [0.5, 0.6) is 5.75 Å². The fourth-order valence-electron chi connectivity index (χ4n) is 1.76. The second-order valence-electron chi connectivity index (χ2n) is 3.74. The standard InChI is InChI=1S/C12H10N4O/c13-12-14-11-7-9(4-5-16(11)15-12)8-2-1-3-10(17)6-8/h1-7,17H,(H2,13,15). The van der Waals surface area contributed by atoms with Gasteiger partial charge in [-0.3, -0.25) is 0 Å². The molecule has 0 amide bonds. The van der Waals surface area contributed by atoms with E-state index in [0.717, 1.165) is 11.1 Å². The van der Waals surface area contributed by atoms with Crippen LogP contribution in [0.3, 0.4) is 0 Å². The number of hydrogen-bond donors (Lipinski definition) is 2. The molecule has 0 aliphatic carbocycles. The van der Waals surface area contributed by atoms with E-state index in [9.17, 15) is 5.11 Å². The summed E-state index contributed by atoms with van der Waals surface area (Å²) in [6.07, 6.45) is 1.79. The molecule has 0 saturated heterocycles. The zero-order chi connectivity index (χ0) is 11.8. The summed E-state index contributed by atoms with van der Waals surface area (Å²) < 4.78 is 1.61. The van der Waals surface area contributed by atoms with Crippen LogP contribution in [0, 0.1) is 0 Å². The Morgan fingerprint density at radius 3 is 2.76 bits per heavy atom. The number of phenolic OH excluding ortho intramolecular Hbond substituents is 1. The topological polar surface area (TPSA) is 76.4 Å². The highest BCUT2D eigenvalue weighted by Crippen LogP contribution is 2.23. The van der Waals surface area contributed by atoms with Crippen LogP contribution in [-0.4, -0.2) is 19.7 Å². The molecule has 5 heteroatoms. The SMILES string of the molecule is Nc1nc2cc(-c3cccc(O)c3)ccn2n1. The summed E-state index contributed by atoms with van der Waals surface area (Å²) in [5.74, 6) is 0.487. The van der Waals surface area contributed by atoms with Gasteiger partial charge < -0.3 is 10.8 Å². The maximum Gasteiger partial charge on any atom is 0.240 e. The highest BCUT2D eigenvalue weighted by molar-refractivity contribution is 5.68. The third-order valence-electron chi connectivity index (χ3n) is 2.53. The molecular formula is C12H10N4O. The summed E-state index contributed by atoms with van der Waals surface area (Å²) in [4.78, 5) is 4.09. The van der Waals surface area contributed by atoms with E-state index < -0.39 is 0 Å². The van der Waals surface area contributed by atoms with Crippen LogP contribution < -0.4 is 5.73 Å². The zero-order valence-electron chi connectivity index (χ0n) is 8.91. The van der Waals surface area contributed by atoms with E-state index in [2.05, 4.69) is 10.1 Å². The van der Waals surface area contributed by atoms with Crippen molar-refractivity contribution in [1.29, 1.82) is 0 Å². The molecule has 5 nitrogen and oxygen atoms in total. The number of nitrogen functional groups attached to an aromatic ring is 1. The van der Waals surface area contributed by atoms with Crippen LogP contribution in [0.15, 0.2) is 42.6 Å². The summed E-state index contributed by atoms with van der Waals surface area (Å²) >= 11 is 0. The van der Waals surface area contributed by atoms with E-state index in [1.54, 1.807) is 28.9 Å². The van der Waals surface area contributed by atoms with Gasteiger partial charge in [-0.2, -0.15) is 4.98 Å². The highest BCUT2D eigenvalue weighted by atomic mass is 16.3. The predicted octanol–water partition coefficient (Wildman–Crippen LogP) is 1.68. The van der Waals surface area contributed by atoms with Gasteiger partial charge in [0, 0.05) is 6.20 Å². The van der Waals surface area contributed by atoms with Crippen LogP contribution in [0.2, 0.25) is 0 Å². The van der Waals surface area contributed by atoms with Gasteiger partial charge >= 0.3 is 0 Å². The summed E-state index contributed by atoms with van der Waals surface area (Å²) in [5, 5.41) is 13.4. The number of pyridine rings is 1. The van der Waals surface area contributed by atoms with Crippen molar-refractivity contribution in [2.75, 3.05) is 5.73 Å². The molecule has 0 bridgehead atoms. The first-order valence-corrected chi connectivity index (χ1v) is 5.14. The minimum atomic E-state index is 0.239. The van der Waals surface area contributed by atoms with Gasteiger partial charge in [0.15, 0.2) is 5.65 Å². The Hall–Kier alpha value is -2.56. The Balaban J connectivity index is 2.17. The molecule has 84 valence electrons. The summed E-state index contributed by atoms with van der Waals surface area (Å²) in [5.41, 5.74) is 8.09. The van der Waals surface area contributed by atoms with E-state index >= 15 is 0 Å². The Morgan fingerprint density at radius 2 is 1.94 bits per heavy atom. The lowest BCUT2D eigenvalue weighted by Gasteiger charge is -2.02. The number of fused-ring (bicyclic) bond motifs is 1. The number of phenols is 1. The van der Waals surface area contributed by atoms with Crippen molar-refractivity contribution >= 4 is 11.6 Å². The molecule has 2 heterocycles. The molecule has 0 spiro atoms. The van der Waals surface area contributed by atoms with Gasteiger partial charge in [0.2, 0.25) is 5.95 Å². The van der Waals surface area contributed by atoms with Crippen molar-refractivity contribution in [3.05, 3.63) is 42.6 Å². The molecule has 0 aliphatic heterocycles. The van der Waals surface area contributed by atoms with Gasteiger partial charge in [-0.05, 0) is 35.4 Å². The van der Waals surface area contributed by atoms with Crippen LogP contribution >= 0.6 is 0 Å². The quantitative estimate of drug-likeness (QED) is 0.662. The molecule has 17 heavy (non-hydrogen) atoms. The molecule has 2 aromatic heterocycles. The molecule has 3 aromatic rings. The molecule has 0 fully saturated rings. The van der Waals surface area contributed by atoms with Crippen molar-refractivity contribution in [2.24, 2.45) is 0 Å². The van der Waals surface area contributed by atoms with Crippen molar-refractivity contribution < 1.29 is 5.11 Å². The minimum Gasteiger partial charge on any atom is -0.508 e.